The molecule has 2 aromatic carbocycles. The smallest absolute Gasteiger partial charge is 0.255 e. The van der Waals surface area contributed by atoms with Gasteiger partial charge in [-0.15, -0.1) is 0 Å². The Bertz CT molecular complexity index is 828. The number of hydrogen-bond donors (Lipinski definition) is 1. The summed E-state index contributed by atoms with van der Waals surface area (Å²) in [5.74, 6) is 0.718. The van der Waals surface area contributed by atoms with Gasteiger partial charge in [-0.1, -0.05) is 6.92 Å². The fraction of sp³-hybridized carbons (Fsp3) is 0.364. The standard InChI is InChI=1S/C22H26N2O3/c1-4-21(25)24-13-5-6-17-14-18(9-12-20(17)24)23-22(26)16-7-10-19(11-8-16)27-15(2)3/h7-12,14-15H,4-6,13H2,1-3H3,(H,23,26). The van der Waals surface area contributed by atoms with Crippen LogP contribution in [0.3, 0.4) is 0 Å². The van der Waals surface area contributed by atoms with Crippen LogP contribution in [0.1, 0.15) is 49.5 Å². The van der Waals surface area contributed by atoms with Gasteiger partial charge in [0.15, 0.2) is 0 Å². The second-order valence-corrected chi connectivity index (χ2v) is 6.99. The van der Waals surface area contributed by atoms with E-state index in [4.69, 9.17) is 4.74 Å². The molecule has 1 heterocycles. The molecule has 1 N–H and O–H groups in total. The Kier molecular flexibility index (Phi) is 5.79. The van der Waals surface area contributed by atoms with Gasteiger partial charge < -0.3 is 15.0 Å². The van der Waals surface area contributed by atoms with Crippen LogP contribution in [0.15, 0.2) is 42.5 Å². The Balaban J connectivity index is 1.72. The van der Waals surface area contributed by atoms with Crippen LogP contribution in [0.2, 0.25) is 0 Å². The summed E-state index contributed by atoms with van der Waals surface area (Å²) in [6.07, 6.45) is 2.44. The van der Waals surface area contributed by atoms with E-state index < -0.39 is 0 Å². The molecular formula is C22H26N2O3. The number of nitrogens with one attached hydrogen (secondary N) is 1. The zero-order valence-electron chi connectivity index (χ0n) is 16.1. The summed E-state index contributed by atoms with van der Waals surface area (Å²) in [5, 5.41) is 2.94. The Hall–Kier alpha value is -2.82. The van der Waals surface area contributed by atoms with Crippen molar-refractivity contribution in [2.75, 3.05) is 16.8 Å². The normalized spacial score (nSPS) is 13.3. The van der Waals surface area contributed by atoms with E-state index in [0.29, 0.717) is 12.0 Å². The van der Waals surface area contributed by atoms with Crippen LogP contribution < -0.4 is 15.0 Å². The summed E-state index contributed by atoms with van der Waals surface area (Å²) < 4.78 is 5.60. The van der Waals surface area contributed by atoms with Crippen LogP contribution in [0.4, 0.5) is 11.4 Å². The zero-order valence-corrected chi connectivity index (χ0v) is 16.1. The molecule has 27 heavy (non-hydrogen) atoms. The molecule has 5 heteroatoms. The number of anilines is 2. The minimum Gasteiger partial charge on any atom is -0.491 e. The van der Waals surface area contributed by atoms with E-state index in [2.05, 4.69) is 5.32 Å². The van der Waals surface area contributed by atoms with Gasteiger partial charge in [-0.2, -0.15) is 0 Å². The topological polar surface area (TPSA) is 58.6 Å². The van der Waals surface area contributed by atoms with Crippen LogP contribution in [0.25, 0.3) is 0 Å². The van der Waals surface area contributed by atoms with Gasteiger partial charge in [-0.25, -0.2) is 0 Å². The number of rotatable bonds is 5. The molecule has 0 bridgehead atoms. The molecule has 5 nitrogen and oxygen atoms in total. The number of ether oxygens (including phenoxy) is 1. The number of carbonyl (C=O) groups is 2. The van der Waals surface area contributed by atoms with Gasteiger partial charge in [-0.05, 0) is 74.7 Å². The maximum absolute atomic E-state index is 12.5. The van der Waals surface area contributed by atoms with Gasteiger partial charge in [0.2, 0.25) is 5.91 Å². The van der Waals surface area contributed by atoms with E-state index >= 15 is 0 Å². The number of fused-ring (bicyclic) bond motifs is 1. The minimum absolute atomic E-state index is 0.0966. The summed E-state index contributed by atoms with van der Waals surface area (Å²) >= 11 is 0. The second kappa shape index (κ2) is 8.25. The molecule has 0 atom stereocenters. The lowest BCUT2D eigenvalue weighted by molar-refractivity contribution is -0.118. The highest BCUT2D eigenvalue weighted by atomic mass is 16.5. The van der Waals surface area contributed by atoms with Crippen molar-refractivity contribution in [1.82, 2.24) is 0 Å². The Morgan fingerprint density at radius 2 is 1.89 bits per heavy atom. The molecule has 2 aromatic rings. The van der Waals surface area contributed by atoms with E-state index in [1.165, 1.54) is 0 Å². The molecule has 0 saturated heterocycles. The van der Waals surface area contributed by atoms with Crippen molar-refractivity contribution < 1.29 is 14.3 Å². The monoisotopic (exact) mass is 366 g/mol. The maximum Gasteiger partial charge on any atom is 0.255 e. The molecule has 0 aliphatic carbocycles. The van der Waals surface area contributed by atoms with Gasteiger partial charge in [0, 0.05) is 29.9 Å². The lowest BCUT2D eigenvalue weighted by atomic mass is 10.0. The van der Waals surface area contributed by atoms with E-state index in [0.717, 1.165) is 42.1 Å². The fourth-order valence-electron chi connectivity index (χ4n) is 3.29. The summed E-state index contributed by atoms with van der Waals surface area (Å²) in [6, 6.07) is 12.9. The van der Waals surface area contributed by atoms with Crippen molar-refractivity contribution in [3.05, 3.63) is 53.6 Å². The number of benzene rings is 2. The largest absolute Gasteiger partial charge is 0.491 e. The van der Waals surface area contributed by atoms with Crippen molar-refractivity contribution in [1.29, 1.82) is 0 Å². The number of carbonyl (C=O) groups excluding carboxylic acids is 2. The van der Waals surface area contributed by atoms with E-state index in [-0.39, 0.29) is 17.9 Å². The highest BCUT2D eigenvalue weighted by Gasteiger charge is 2.21. The van der Waals surface area contributed by atoms with Crippen molar-refractivity contribution in [3.63, 3.8) is 0 Å². The number of aryl methyl sites for hydroxylation is 1. The quantitative estimate of drug-likeness (QED) is 0.852. The average Bonchev–Trinajstić information content (AvgIpc) is 2.66. The van der Waals surface area contributed by atoms with Crippen LogP contribution >= 0.6 is 0 Å². The fourth-order valence-corrected chi connectivity index (χ4v) is 3.29. The number of nitrogens with zero attached hydrogens (tertiary/aromatic N) is 1. The Morgan fingerprint density at radius 1 is 1.15 bits per heavy atom. The van der Waals surface area contributed by atoms with Crippen LogP contribution in [0.5, 0.6) is 5.75 Å². The molecule has 3 rings (SSSR count). The van der Waals surface area contributed by atoms with E-state index in [1.54, 1.807) is 24.3 Å². The molecule has 0 spiro atoms. The minimum atomic E-state index is -0.164. The Labute approximate surface area is 160 Å². The lowest BCUT2D eigenvalue weighted by Gasteiger charge is -2.29. The summed E-state index contributed by atoms with van der Waals surface area (Å²) in [7, 11) is 0. The van der Waals surface area contributed by atoms with Gasteiger partial charge >= 0.3 is 0 Å². The third kappa shape index (κ3) is 4.48. The number of amides is 2. The molecule has 142 valence electrons. The summed E-state index contributed by atoms with van der Waals surface area (Å²) in [4.78, 5) is 26.5. The van der Waals surface area contributed by atoms with E-state index in [1.807, 2.05) is 43.9 Å². The molecule has 0 radical (unpaired) electrons. The lowest BCUT2D eigenvalue weighted by Crippen LogP contribution is -2.34. The first-order valence-electron chi connectivity index (χ1n) is 9.49. The predicted octanol–water partition coefficient (Wildman–Crippen LogP) is 4.42. The van der Waals surface area contributed by atoms with Crippen LogP contribution in [-0.4, -0.2) is 24.5 Å². The third-order valence-corrected chi connectivity index (χ3v) is 4.55. The van der Waals surface area contributed by atoms with Crippen molar-refractivity contribution >= 4 is 23.2 Å². The molecule has 2 amide bonds. The van der Waals surface area contributed by atoms with Gasteiger partial charge in [0.05, 0.1) is 6.10 Å². The highest BCUT2D eigenvalue weighted by molar-refractivity contribution is 6.04. The Morgan fingerprint density at radius 3 is 2.56 bits per heavy atom. The molecule has 0 fully saturated rings. The SMILES string of the molecule is CCC(=O)N1CCCc2cc(NC(=O)c3ccc(OC(C)C)cc3)ccc21. The first kappa shape index (κ1) is 19.0. The van der Waals surface area contributed by atoms with Crippen molar-refractivity contribution in [2.45, 2.75) is 46.1 Å². The van der Waals surface area contributed by atoms with Crippen LogP contribution in [-0.2, 0) is 11.2 Å². The zero-order chi connectivity index (χ0) is 19.4. The summed E-state index contributed by atoms with van der Waals surface area (Å²) in [6.45, 7) is 6.57. The van der Waals surface area contributed by atoms with Crippen molar-refractivity contribution in [2.24, 2.45) is 0 Å². The molecular weight excluding hydrogens is 340 g/mol. The highest BCUT2D eigenvalue weighted by Crippen LogP contribution is 2.30. The maximum atomic E-state index is 12.5. The molecule has 0 unspecified atom stereocenters. The van der Waals surface area contributed by atoms with Gasteiger partial charge in [0.25, 0.3) is 5.91 Å². The first-order valence-corrected chi connectivity index (χ1v) is 9.49. The number of hydrogen-bond acceptors (Lipinski definition) is 3. The summed E-state index contributed by atoms with van der Waals surface area (Å²) in [5.41, 5.74) is 3.38. The second-order valence-electron chi connectivity index (χ2n) is 6.99. The van der Waals surface area contributed by atoms with Crippen LogP contribution in [0, 0.1) is 0 Å². The molecule has 0 saturated carbocycles. The predicted molar refractivity (Wildman–Crippen MR) is 108 cm³/mol. The van der Waals surface area contributed by atoms with Gasteiger partial charge in [-0.3, -0.25) is 9.59 Å². The third-order valence-electron chi connectivity index (χ3n) is 4.55. The van der Waals surface area contributed by atoms with Gasteiger partial charge in [0.1, 0.15) is 5.75 Å². The molecule has 1 aliphatic heterocycles. The van der Waals surface area contributed by atoms with Crippen molar-refractivity contribution in [3.8, 4) is 5.75 Å². The molecule has 0 aromatic heterocycles. The average molecular weight is 366 g/mol. The first-order chi connectivity index (χ1) is 13.0. The molecule has 1 aliphatic rings. The van der Waals surface area contributed by atoms with E-state index in [9.17, 15) is 9.59 Å².